The van der Waals surface area contributed by atoms with Gasteiger partial charge in [0.05, 0.1) is 11.6 Å². The summed E-state index contributed by atoms with van der Waals surface area (Å²) in [4.78, 5) is 0. The average molecular weight is 308 g/mol. The quantitative estimate of drug-likeness (QED) is 0.845. The van der Waals surface area contributed by atoms with Crippen molar-refractivity contribution in [3.63, 3.8) is 0 Å². The van der Waals surface area contributed by atoms with Crippen molar-refractivity contribution in [1.82, 2.24) is 5.32 Å². The van der Waals surface area contributed by atoms with E-state index in [4.69, 9.17) is 20.8 Å². The highest BCUT2D eigenvalue weighted by Crippen LogP contribution is 2.26. The highest BCUT2D eigenvalue weighted by Gasteiger charge is 2.09. The van der Waals surface area contributed by atoms with Crippen LogP contribution in [-0.2, 0) is 13.2 Å². The van der Waals surface area contributed by atoms with Crippen LogP contribution in [0.5, 0.6) is 5.75 Å². The Morgan fingerprint density at radius 3 is 2.67 bits per heavy atom. The largest absolute Gasteiger partial charge is 0.487 e. The summed E-state index contributed by atoms with van der Waals surface area (Å²) in [5.41, 5.74) is 2.17. The standard InChI is InChI=1S/C17H22ClNO2/c1-11(2)19-9-15-8-14(13(4)21-15)10-20-17-6-5-12(3)7-16(17)18/h5-8,11,19H,9-10H2,1-4H3. The first kappa shape index (κ1) is 15.9. The van der Waals surface area contributed by atoms with Gasteiger partial charge in [-0.3, -0.25) is 0 Å². The normalized spacial score (nSPS) is 11.1. The Morgan fingerprint density at radius 2 is 2.00 bits per heavy atom. The van der Waals surface area contributed by atoms with Crippen LogP contribution in [0.1, 0.15) is 36.5 Å². The van der Waals surface area contributed by atoms with Crippen molar-refractivity contribution in [3.8, 4) is 5.75 Å². The number of nitrogens with one attached hydrogen (secondary N) is 1. The molecule has 2 aromatic rings. The zero-order chi connectivity index (χ0) is 15.4. The molecule has 0 atom stereocenters. The molecule has 0 saturated carbocycles. The first-order valence-electron chi connectivity index (χ1n) is 7.16. The number of halogens is 1. The molecule has 0 spiro atoms. The smallest absolute Gasteiger partial charge is 0.138 e. The Morgan fingerprint density at radius 1 is 1.24 bits per heavy atom. The number of aryl methyl sites for hydroxylation is 2. The lowest BCUT2D eigenvalue weighted by Crippen LogP contribution is -2.21. The zero-order valence-electron chi connectivity index (χ0n) is 13.0. The molecule has 0 amide bonds. The minimum Gasteiger partial charge on any atom is -0.487 e. The lowest BCUT2D eigenvalue weighted by atomic mass is 10.2. The van der Waals surface area contributed by atoms with Crippen LogP contribution in [0.2, 0.25) is 5.02 Å². The van der Waals surface area contributed by atoms with E-state index in [1.807, 2.05) is 38.1 Å². The van der Waals surface area contributed by atoms with E-state index < -0.39 is 0 Å². The van der Waals surface area contributed by atoms with Gasteiger partial charge in [0, 0.05) is 11.6 Å². The summed E-state index contributed by atoms with van der Waals surface area (Å²) >= 11 is 6.17. The first-order chi connectivity index (χ1) is 9.95. The van der Waals surface area contributed by atoms with E-state index in [2.05, 4.69) is 19.2 Å². The van der Waals surface area contributed by atoms with Gasteiger partial charge in [-0.05, 0) is 37.6 Å². The Bertz CT molecular complexity index is 605. The Hall–Kier alpha value is -1.45. The Labute approximate surface area is 131 Å². The van der Waals surface area contributed by atoms with Crippen molar-refractivity contribution in [2.75, 3.05) is 0 Å². The molecule has 0 aliphatic heterocycles. The summed E-state index contributed by atoms with van der Waals surface area (Å²) in [7, 11) is 0. The van der Waals surface area contributed by atoms with Gasteiger partial charge in [0.15, 0.2) is 0 Å². The summed E-state index contributed by atoms with van der Waals surface area (Å²) in [6.07, 6.45) is 0. The van der Waals surface area contributed by atoms with Gasteiger partial charge >= 0.3 is 0 Å². The van der Waals surface area contributed by atoms with Gasteiger partial charge in [0.1, 0.15) is 23.9 Å². The van der Waals surface area contributed by atoms with Gasteiger partial charge in [-0.1, -0.05) is 31.5 Å². The van der Waals surface area contributed by atoms with Crippen LogP contribution in [0.4, 0.5) is 0 Å². The van der Waals surface area contributed by atoms with Gasteiger partial charge in [-0.25, -0.2) is 0 Å². The molecule has 4 heteroatoms. The lowest BCUT2D eigenvalue weighted by molar-refractivity contribution is 0.303. The summed E-state index contributed by atoms with van der Waals surface area (Å²) in [5, 5.41) is 3.97. The predicted octanol–water partition coefficient (Wildman–Crippen LogP) is 4.63. The van der Waals surface area contributed by atoms with Crippen LogP contribution in [-0.4, -0.2) is 6.04 Å². The van der Waals surface area contributed by atoms with Crippen LogP contribution in [0.15, 0.2) is 28.7 Å². The van der Waals surface area contributed by atoms with Crippen LogP contribution in [0, 0.1) is 13.8 Å². The number of hydrogen-bond acceptors (Lipinski definition) is 3. The molecule has 114 valence electrons. The lowest BCUT2D eigenvalue weighted by Gasteiger charge is -2.07. The second kappa shape index (κ2) is 7.01. The summed E-state index contributed by atoms with van der Waals surface area (Å²) in [5.74, 6) is 2.51. The number of furan rings is 1. The number of ether oxygens (including phenoxy) is 1. The van der Waals surface area contributed by atoms with E-state index >= 15 is 0 Å². The van der Waals surface area contributed by atoms with Crippen molar-refractivity contribution in [1.29, 1.82) is 0 Å². The Kier molecular flexibility index (Phi) is 5.32. The maximum Gasteiger partial charge on any atom is 0.138 e. The average Bonchev–Trinajstić information content (AvgIpc) is 2.76. The number of benzene rings is 1. The van der Waals surface area contributed by atoms with E-state index in [0.29, 0.717) is 23.4 Å². The third kappa shape index (κ3) is 4.51. The minimum absolute atomic E-state index is 0.432. The molecule has 0 fully saturated rings. The van der Waals surface area contributed by atoms with E-state index in [9.17, 15) is 0 Å². The highest BCUT2D eigenvalue weighted by atomic mass is 35.5. The van der Waals surface area contributed by atoms with Gasteiger partial charge in [0.25, 0.3) is 0 Å². The van der Waals surface area contributed by atoms with Crippen molar-refractivity contribution in [3.05, 3.63) is 51.9 Å². The van der Waals surface area contributed by atoms with Crippen LogP contribution in [0.25, 0.3) is 0 Å². The Balaban J connectivity index is 1.99. The molecular formula is C17H22ClNO2. The molecule has 0 unspecified atom stereocenters. The molecule has 1 aromatic heterocycles. The van der Waals surface area contributed by atoms with Crippen molar-refractivity contribution < 1.29 is 9.15 Å². The van der Waals surface area contributed by atoms with Crippen LogP contribution >= 0.6 is 11.6 Å². The van der Waals surface area contributed by atoms with Crippen molar-refractivity contribution in [2.24, 2.45) is 0 Å². The molecule has 1 N–H and O–H groups in total. The van der Waals surface area contributed by atoms with E-state index in [1.54, 1.807) is 0 Å². The van der Waals surface area contributed by atoms with Gasteiger partial charge < -0.3 is 14.5 Å². The van der Waals surface area contributed by atoms with E-state index in [1.165, 1.54) is 0 Å². The molecule has 0 aliphatic rings. The fourth-order valence-electron chi connectivity index (χ4n) is 2.00. The maximum absolute atomic E-state index is 6.17. The minimum atomic E-state index is 0.432. The molecule has 3 nitrogen and oxygen atoms in total. The van der Waals surface area contributed by atoms with Crippen molar-refractivity contribution in [2.45, 2.75) is 46.9 Å². The molecule has 0 bridgehead atoms. The third-order valence-corrected chi connectivity index (χ3v) is 3.52. The highest BCUT2D eigenvalue weighted by molar-refractivity contribution is 6.32. The van der Waals surface area contributed by atoms with Crippen LogP contribution < -0.4 is 10.1 Å². The topological polar surface area (TPSA) is 34.4 Å². The van der Waals surface area contributed by atoms with E-state index in [-0.39, 0.29) is 0 Å². The number of hydrogen-bond donors (Lipinski definition) is 1. The molecule has 0 aliphatic carbocycles. The van der Waals surface area contributed by atoms with E-state index in [0.717, 1.165) is 29.2 Å². The third-order valence-electron chi connectivity index (χ3n) is 3.23. The molecule has 0 radical (unpaired) electrons. The summed E-state index contributed by atoms with van der Waals surface area (Å²) < 4.78 is 11.5. The van der Waals surface area contributed by atoms with Crippen molar-refractivity contribution >= 4 is 11.6 Å². The van der Waals surface area contributed by atoms with Gasteiger partial charge in [0.2, 0.25) is 0 Å². The second-order valence-electron chi connectivity index (χ2n) is 5.55. The second-order valence-corrected chi connectivity index (χ2v) is 5.96. The predicted molar refractivity (Wildman–Crippen MR) is 85.9 cm³/mol. The molecule has 1 aromatic carbocycles. The number of rotatable bonds is 6. The molecule has 21 heavy (non-hydrogen) atoms. The molecule has 2 rings (SSSR count). The first-order valence-corrected chi connectivity index (χ1v) is 7.54. The fraction of sp³-hybridized carbons (Fsp3) is 0.412. The zero-order valence-corrected chi connectivity index (χ0v) is 13.8. The monoisotopic (exact) mass is 307 g/mol. The van der Waals surface area contributed by atoms with Gasteiger partial charge in [-0.15, -0.1) is 0 Å². The summed E-state index contributed by atoms with van der Waals surface area (Å²) in [6.45, 7) is 9.36. The van der Waals surface area contributed by atoms with Crippen LogP contribution in [0.3, 0.4) is 0 Å². The molecule has 0 saturated heterocycles. The molecular weight excluding hydrogens is 286 g/mol. The SMILES string of the molecule is Cc1ccc(OCc2cc(CNC(C)C)oc2C)c(Cl)c1. The summed E-state index contributed by atoms with van der Waals surface area (Å²) in [6, 6.07) is 8.25. The molecule has 1 heterocycles. The fourth-order valence-corrected chi connectivity index (χ4v) is 2.29. The maximum atomic E-state index is 6.17. The van der Waals surface area contributed by atoms with Gasteiger partial charge in [-0.2, -0.15) is 0 Å².